The minimum absolute atomic E-state index is 0.0634. The molecular formula is C26H35NO5S2. The van der Waals surface area contributed by atoms with E-state index in [1.165, 1.54) is 11.8 Å². The van der Waals surface area contributed by atoms with Crippen LogP contribution in [0.15, 0.2) is 52.3 Å². The molecule has 8 heteroatoms. The Morgan fingerprint density at radius 1 is 1.26 bits per heavy atom. The van der Waals surface area contributed by atoms with Crippen LogP contribution in [0.1, 0.15) is 63.0 Å². The number of fused-ring (bicyclic) bond motifs is 1. The lowest BCUT2D eigenvalue weighted by molar-refractivity contribution is -0.139. The molecule has 2 aromatic carbocycles. The van der Waals surface area contributed by atoms with Gasteiger partial charge < -0.3 is 15.6 Å². The number of benzene rings is 2. The predicted molar refractivity (Wildman–Crippen MR) is 137 cm³/mol. The van der Waals surface area contributed by atoms with Gasteiger partial charge in [0.1, 0.15) is 18.4 Å². The third-order valence-electron chi connectivity index (χ3n) is 6.89. The maximum absolute atomic E-state index is 13.8. The normalized spacial score (nSPS) is 22.4. The number of sulfone groups is 1. The van der Waals surface area contributed by atoms with Gasteiger partial charge in [-0.05, 0) is 48.1 Å². The number of hydrogen-bond acceptors (Lipinski definition) is 6. The van der Waals surface area contributed by atoms with Crippen molar-refractivity contribution >= 4 is 27.6 Å². The lowest BCUT2D eigenvalue weighted by Gasteiger charge is -2.34. The van der Waals surface area contributed by atoms with E-state index in [0.717, 1.165) is 48.1 Å². The van der Waals surface area contributed by atoms with E-state index in [2.05, 4.69) is 26.0 Å². The second-order valence-corrected chi connectivity index (χ2v) is 12.0. The highest BCUT2D eigenvalue weighted by molar-refractivity contribution is 7.98. The van der Waals surface area contributed by atoms with E-state index in [9.17, 15) is 13.2 Å². The van der Waals surface area contributed by atoms with Crippen molar-refractivity contribution < 1.29 is 23.1 Å². The van der Waals surface area contributed by atoms with Crippen molar-refractivity contribution in [2.24, 2.45) is 11.1 Å². The number of ether oxygens (including phenoxy) is 1. The fourth-order valence-electron chi connectivity index (χ4n) is 4.84. The van der Waals surface area contributed by atoms with Crippen LogP contribution in [-0.2, 0) is 14.6 Å². The first-order chi connectivity index (χ1) is 16.2. The molecule has 0 saturated carbocycles. The Labute approximate surface area is 207 Å². The van der Waals surface area contributed by atoms with Gasteiger partial charge in [0.05, 0.1) is 10.6 Å². The summed E-state index contributed by atoms with van der Waals surface area (Å²) in [6, 6.07) is 12.4. The van der Waals surface area contributed by atoms with Crippen molar-refractivity contribution in [3.63, 3.8) is 0 Å². The molecule has 34 heavy (non-hydrogen) atoms. The molecule has 3 atom stereocenters. The minimum atomic E-state index is -3.61. The zero-order valence-corrected chi connectivity index (χ0v) is 21.8. The van der Waals surface area contributed by atoms with Crippen molar-refractivity contribution in [3.8, 4) is 5.75 Å². The molecule has 1 heterocycles. The van der Waals surface area contributed by atoms with Crippen LogP contribution in [-0.4, -0.2) is 44.2 Å². The summed E-state index contributed by atoms with van der Waals surface area (Å²) in [6.45, 7) is 3.99. The van der Waals surface area contributed by atoms with E-state index in [4.69, 9.17) is 15.6 Å². The fourth-order valence-corrected chi connectivity index (χ4v) is 7.68. The third-order valence-corrected chi connectivity index (χ3v) is 9.66. The highest BCUT2D eigenvalue weighted by Gasteiger charge is 2.42. The maximum Gasteiger partial charge on any atom is 0.324 e. The quantitative estimate of drug-likeness (QED) is 0.433. The molecule has 1 aliphatic rings. The summed E-state index contributed by atoms with van der Waals surface area (Å²) >= 11 is 1.44. The molecule has 0 fully saturated rings. The molecule has 6 nitrogen and oxygen atoms in total. The Hall–Kier alpha value is -2.03. The number of nitrogens with two attached hydrogens (primary N) is 1. The zero-order chi connectivity index (χ0) is 24.9. The van der Waals surface area contributed by atoms with Crippen molar-refractivity contribution in [1.29, 1.82) is 0 Å². The summed E-state index contributed by atoms with van der Waals surface area (Å²) < 4.78 is 33.4. The Bertz CT molecular complexity index is 1100. The molecule has 3 rings (SSSR count). The van der Waals surface area contributed by atoms with Crippen LogP contribution >= 0.6 is 11.8 Å². The second-order valence-electron chi connectivity index (χ2n) is 9.18. The van der Waals surface area contributed by atoms with Gasteiger partial charge in [-0.2, -0.15) is 0 Å². The number of unbranched alkanes of at least 4 members (excludes halogenated alkanes) is 1. The van der Waals surface area contributed by atoms with Crippen LogP contribution < -0.4 is 10.5 Å². The molecule has 0 amide bonds. The van der Waals surface area contributed by atoms with Crippen molar-refractivity contribution in [2.75, 3.05) is 18.6 Å². The molecule has 0 bridgehead atoms. The van der Waals surface area contributed by atoms with Gasteiger partial charge in [0.2, 0.25) is 0 Å². The highest BCUT2D eigenvalue weighted by atomic mass is 32.2. The van der Waals surface area contributed by atoms with Crippen LogP contribution in [0, 0.1) is 5.41 Å². The first-order valence-corrected chi connectivity index (χ1v) is 14.6. The summed E-state index contributed by atoms with van der Waals surface area (Å²) in [4.78, 5) is 12.2. The molecule has 0 aliphatic carbocycles. The van der Waals surface area contributed by atoms with Gasteiger partial charge in [-0.3, -0.25) is 4.79 Å². The van der Waals surface area contributed by atoms with Crippen LogP contribution in [0.3, 0.4) is 0 Å². The Morgan fingerprint density at radius 2 is 1.97 bits per heavy atom. The van der Waals surface area contributed by atoms with Crippen LogP contribution in [0.2, 0.25) is 0 Å². The average molecular weight is 506 g/mol. The number of carboxylic acid groups (broad SMARTS) is 1. The first kappa shape index (κ1) is 26.6. The number of carbonyl (C=O) groups is 1. The maximum atomic E-state index is 13.8. The van der Waals surface area contributed by atoms with Gasteiger partial charge in [0, 0.05) is 16.9 Å². The standard InChI is InChI=1S/C26H35NO5S2/c1-4-6-12-26(5-2)15-20(18-10-8-7-9-11-18)19-13-23(33-3)22(32-16-21(27)25(28)29)14-24(19)34(30,31)17-26/h7-11,13-14,20-21H,4-6,12,15-17,27H2,1-3H3,(H,28,29)/t20?,21-,26?/m0/s1. The van der Waals surface area contributed by atoms with Gasteiger partial charge in [-0.15, -0.1) is 11.8 Å². The average Bonchev–Trinajstić information content (AvgIpc) is 2.93. The molecule has 186 valence electrons. The third kappa shape index (κ3) is 5.78. The molecule has 2 unspecified atom stereocenters. The van der Waals surface area contributed by atoms with Crippen molar-refractivity contribution in [2.45, 2.75) is 67.7 Å². The van der Waals surface area contributed by atoms with Crippen LogP contribution in [0.4, 0.5) is 0 Å². The van der Waals surface area contributed by atoms with E-state index in [-0.39, 0.29) is 28.6 Å². The van der Waals surface area contributed by atoms with Gasteiger partial charge in [-0.1, -0.05) is 57.0 Å². The van der Waals surface area contributed by atoms with Gasteiger partial charge in [0.15, 0.2) is 9.84 Å². The SMILES string of the molecule is CCCCC1(CC)CC(c2ccccc2)c2cc(SC)c(OC[C@H](N)C(=O)O)cc2S(=O)(=O)C1. The highest BCUT2D eigenvalue weighted by Crippen LogP contribution is 2.50. The number of rotatable bonds is 10. The minimum Gasteiger partial charge on any atom is -0.490 e. The summed E-state index contributed by atoms with van der Waals surface area (Å²) in [5.41, 5.74) is 7.19. The van der Waals surface area contributed by atoms with E-state index in [1.54, 1.807) is 6.07 Å². The van der Waals surface area contributed by atoms with Crippen LogP contribution in [0.25, 0.3) is 0 Å². The molecule has 0 radical (unpaired) electrons. The summed E-state index contributed by atoms with van der Waals surface area (Å²) in [7, 11) is -3.61. The van der Waals surface area contributed by atoms with Crippen molar-refractivity contribution in [1.82, 2.24) is 0 Å². The lowest BCUT2D eigenvalue weighted by atomic mass is 9.71. The van der Waals surface area contributed by atoms with Crippen molar-refractivity contribution in [3.05, 3.63) is 53.6 Å². The zero-order valence-electron chi connectivity index (χ0n) is 20.1. The van der Waals surface area contributed by atoms with E-state index in [1.807, 2.05) is 30.5 Å². The van der Waals surface area contributed by atoms with E-state index in [0.29, 0.717) is 5.75 Å². The lowest BCUT2D eigenvalue weighted by Crippen LogP contribution is -2.36. The second kappa shape index (κ2) is 11.1. The van der Waals surface area contributed by atoms with Gasteiger partial charge >= 0.3 is 5.97 Å². The number of thioether (sulfide) groups is 1. The molecule has 2 aromatic rings. The first-order valence-electron chi connectivity index (χ1n) is 11.8. The molecule has 3 N–H and O–H groups in total. The molecule has 1 aliphatic heterocycles. The molecular weight excluding hydrogens is 470 g/mol. The molecule has 0 aromatic heterocycles. The predicted octanol–water partition coefficient (Wildman–Crippen LogP) is 5.10. The smallest absolute Gasteiger partial charge is 0.324 e. The molecule has 0 spiro atoms. The number of aliphatic carboxylic acids is 1. The van der Waals surface area contributed by atoms with Gasteiger partial charge in [0.25, 0.3) is 0 Å². The van der Waals surface area contributed by atoms with Crippen LogP contribution in [0.5, 0.6) is 5.75 Å². The van der Waals surface area contributed by atoms with Gasteiger partial charge in [-0.25, -0.2) is 8.42 Å². The summed E-state index contributed by atoms with van der Waals surface area (Å²) in [6.07, 6.45) is 6.31. The monoisotopic (exact) mass is 505 g/mol. The topological polar surface area (TPSA) is 107 Å². The summed E-state index contributed by atoms with van der Waals surface area (Å²) in [5, 5.41) is 9.11. The molecule has 0 saturated heterocycles. The Kier molecular flexibility index (Phi) is 8.71. The largest absolute Gasteiger partial charge is 0.490 e. The number of hydrogen-bond donors (Lipinski definition) is 2. The number of carboxylic acids is 1. The Balaban J connectivity index is 2.18. The Morgan fingerprint density at radius 3 is 2.56 bits per heavy atom. The fraction of sp³-hybridized carbons (Fsp3) is 0.500. The summed E-state index contributed by atoms with van der Waals surface area (Å²) in [5.74, 6) is -0.775. The van der Waals surface area contributed by atoms with E-state index < -0.39 is 21.8 Å². The van der Waals surface area contributed by atoms with E-state index >= 15 is 0 Å².